The molecule has 1 aromatic heterocycles. The van der Waals surface area contributed by atoms with Gasteiger partial charge in [0.15, 0.2) is 0 Å². The number of aryl methyl sites for hydroxylation is 1. The van der Waals surface area contributed by atoms with Gasteiger partial charge in [0, 0.05) is 59.6 Å². The van der Waals surface area contributed by atoms with Crippen LogP contribution in [0.15, 0.2) is 97.1 Å². The van der Waals surface area contributed by atoms with Gasteiger partial charge in [0.05, 0.1) is 24.4 Å². The molecular formula is C35H34N6O3. The van der Waals surface area contributed by atoms with E-state index in [1.807, 2.05) is 79.7 Å². The second-order valence-corrected chi connectivity index (χ2v) is 10.7. The van der Waals surface area contributed by atoms with Crippen LogP contribution in [0.5, 0.6) is 0 Å². The van der Waals surface area contributed by atoms with Crippen molar-refractivity contribution in [3.63, 3.8) is 0 Å². The third-order valence-electron chi connectivity index (χ3n) is 7.62. The highest BCUT2D eigenvalue weighted by Crippen LogP contribution is 2.28. The molecule has 222 valence electrons. The van der Waals surface area contributed by atoms with Crippen LogP contribution >= 0.6 is 0 Å². The number of fused-ring (bicyclic) bond motifs is 1. The summed E-state index contributed by atoms with van der Waals surface area (Å²) in [5.41, 5.74) is 5.88. The largest absolute Gasteiger partial charge is 0.379 e. The molecule has 0 bridgehead atoms. The van der Waals surface area contributed by atoms with E-state index in [9.17, 15) is 9.59 Å². The first-order valence-corrected chi connectivity index (χ1v) is 14.7. The topological polar surface area (TPSA) is 108 Å². The Bertz CT molecular complexity index is 1770. The molecule has 1 aliphatic heterocycles. The monoisotopic (exact) mass is 586 g/mol. The van der Waals surface area contributed by atoms with Gasteiger partial charge in [-0.2, -0.15) is 0 Å². The Balaban J connectivity index is 1.11. The highest BCUT2D eigenvalue weighted by atomic mass is 16.5. The second-order valence-electron chi connectivity index (χ2n) is 10.7. The number of ether oxygens (including phenoxy) is 1. The average molecular weight is 587 g/mol. The molecule has 4 aromatic carbocycles. The van der Waals surface area contributed by atoms with Crippen LogP contribution in [0, 0.1) is 6.92 Å². The lowest BCUT2D eigenvalue weighted by Crippen LogP contribution is -2.41. The number of amides is 2. The lowest BCUT2D eigenvalue weighted by molar-refractivity contribution is 0.0383. The van der Waals surface area contributed by atoms with Crippen molar-refractivity contribution in [2.75, 3.05) is 50.0 Å². The van der Waals surface area contributed by atoms with Gasteiger partial charge in [0.1, 0.15) is 0 Å². The maximum absolute atomic E-state index is 13.1. The third kappa shape index (κ3) is 6.91. The van der Waals surface area contributed by atoms with E-state index in [0.29, 0.717) is 29.3 Å². The minimum absolute atomic E-state index is 0.171. The lowest BCUT2D eigenvalue weighted by atomic mass is 10.1. The van der Waals surface area contributed by atoms with E-state index in [0.717, 1.165) is 66.3 Å². The highest BCUT2D eigenvalue weighted by Gasteiger charge is 2.14. The van der Waals surface area contributed by atoms with Crippen molar-refractivity contribution < 1.29 is 14.3 Å². The number of rotatable bonds is 9. The first-order chi connectivity index (χ1) is 21.5. The van der Waals surface area contributed by atoms with Crippen molar-refractivity contribution >= 4 is 40.0 Å². The maximum Gasteiger partial charge on any atom is 0.255 e. The van der Waals surface area contributed by atoms with E-state index >= 15 is 0 Å². The molecule has 1 saturated heterocycles. The van der Waals surface area contributed by atoms with Gasteiger partial charge in [0.25, 0.3) is 11.8 Å². The average Bonchev–Trinajstić information content (AvgIpc) is 3.06. The van der Waals surface area contributed by atoms with Crippen LogP contribution in [-0.4, -0.2) is 66.1 Å². The van der Waals surface area contributed by atoms with Crippen LogP contribution in [0.2, 0.25) is 0 Å². The number of nitrogens with one attached hydrogen (secondary N) is 3. The lowest BCUT2D eigenvalue weighted by Gasteiger charge is -2.26. The van der Waals surface area contributed by atoms with Gasteiger partial charge in [-0.15, -0.1) is 0 Å². The number of carbonyl (C=O) groups excluding carboxylic acids is 2. The van der Waals surface area contributed by atoms with Crippen molar-refractivity contribution in [1.29, 1.82) is 0 Å². The number of hydrogen-bond acceptors (Lipinski definition) is 7. The quantitative estimate of drug-likeness (QED) is 0.204. The molecule has 0 aliphatic carbocycles. The van der Waals surface area contributed by atoms with Crippen molar-refractivity contribution in [1.82, 2.24) is 20.2 Å². The van der Waals surface area contributed by atoms with Gasteiger partial charge in [-0.05, 0) is 55.0 Å². The number of benzene rings is 4. The van der Waals surface area contributed by atoms with Gasteiger partial charge in [-0.1, -0.05) is 54.6 Å². The van der Waals surface area contributed by atoms with Crippen molar-refractivity contribution in [2.24, 2.45) is 0 Å². The van der Waals surface area contributed by atoms with E-state index in [4.69, 9.17) is 14.7 Å². The standard InChI is InChI=1S/C35H34N6O3/c1-24-11-12-27(33(42)36-17-18-41-19-21-44-22-20-41)23-31(24)38-34(43)26-13-15-28(16-14-26)37-35-39-30-10-6-5-9-29(30)32(40-35)25-7-3-2-4-8-25/h2-16,23H,17-22H2,1H3,(H,36,42)(H,38,43)(H,37,39,40). The maximum atomic E-state index is 13.1. The molecule has 6 rings (SSSR count). The summed E-state index contributed by atoms with van der Waals surface area (Å²) in [4.78, 5) is 37.7. The summed E-state index contributed by atoms with van der Waals surface area (Å²) in [5.74, 6) is 0.0313. The zero-order valence-corrected chi connectivity index (χ0v) is 24.5. The van der Waals surface area contributed by atoms with Crippen LogP contribution in [0.4, 0.5) is 17.3 Å². The van der Waals surface area contributed by atoms with Crippen LogP contribution in [-0.2, 0) is 4.74 Å². The van der Waals surface area contributed by atoms with Gasteiger partial charge < -0.3 is 20.7 Å². The second kappa shape index (κ2) is 13.5. The van der Waals surface area contributed by atoms with Crippen LogP contribution in [0.25, 0.3) is 22.2 Å². The molecule has 3 N–H and O–H groups in total. The molecule has 0 spiro atoms. The van der Waals surface area contributed by atoms with Crippen molar-refractivity contribution in [3.8, 4) is 11.3 Å². The van der Waals surface area contributed by atoms with Crippen molar-refractivity contribution in [3.05, 3.63) is 114 Å². The molecule has 2 amide bonds. The Hall–Kier alpha value is -5.12. The Morgan fingerprint density at radius 2 is 1.55 bits per heavy atom. The fourth-order valence-corrected chi connectivity index (χ4v) is 5.13. The zero-order chi connectivity index (χ0) is 30.3. The van der Waals surface area contributed by atoms with Crippen LogP contribution < -0.4 is 16.0 Å². The number of para-hydroxylation sites is 1. The molecule has 44 heavy (non-hydrogen) atoms. The molecule has 9 nitrogen and oxygen atoms in total. The molecule has 0 radical (unpaired) electrons. The van der Waals surface area contributed by atoms with Gasteiger partial charge in [-0.3, -0.25) is 14.5 Å². The molecule has 9 heteroatoms. The molecule has 1 aliphatic rings. The first kappa shape index (κ1) is 29.0. The highest BCUT2D eigenvalue weighted by molar-refractivity contribution is 6.06. The molecule has 0 atom stereocenters. The Morgan fingerprint density at radius 1 is 0.818 bits per heavy atom. The Labute approximate surface area is 256 Å². The summed E-state index contributed by atoms with van der Waals surface area (Å²) in [6.07, 6.45) is 0. The number of carbonyl (C=O) groups is 2. The van der Waals surface area contributed by atoms with Gasteiger partial charge in [0.2, 0.25) is 5.95 Å². The van der Waals surface area contributed by atoms with Gasteiger partial charge in [-0.25, -0.2) is 9.97 Å². The number of anilines is 3. The minimum Gasteiger partial charge on any atom is -0.379 e. The Kier molecular flexibility index (Phi) is 8.86. The molecule has 5 aromatic rings. The number of nitrogens with zero attached hydrogens (tertiary/aromatic N) is 3. The van der Waals surface area contributed by atoms with E-state index in [-0.39, 0.29) is 11.8 Å². The van der Waals surface area contributed by atoms with Gasteiger partial charge >= 0.3 is 0 Å². The summed E-state index contributed by atoms with van der Waals surface area (Å²) in [5, 5.41) is 10.2. The number of hydrogen-bond donors (Lipinski definition) is 3. The minimum atomic E-state index is -0.266. The summed E-state index contributed by atoms with van der Waals surface area (Å²) in [6.45, 7) is 6.42. The molecule has 2 heterocycles. The van der Waals surface area contributed by atoms with E-state index in [2.05, 4.69) is 20.9 Å². The normalized spacial score (nSPS) is 13.4. The molecular weight excluding hydrogens is 552 g/mol. The van der Waals surface area contributed by atoms with Crippen LogP contribution in [0.1, 0.15) is 26.3 Å². The summed E-state index contributed by atoms with van der Waals surface area (Å²) >= 11 is 0. The van der Waals surface area contributed by atoms with Crippen molar-refractivity contribution in [2.45, 2.75) is 6.92 Å². The fraction of sp³-hybridized carbons (Fsp3) is 0.200. The smallest absolute Gasteiger partial charge is 0.255 e. The van der Waals surface area contributed by atoms with E-state index in [1.165, 1.54) is 0 Å². The summed E-state index contributed by atoms with van der Waals surface area (Å²) in [7, 11) is 0. The van der Waals surface area contributed by atoms with E-state index < -0.39 is 0 Å². The molecule has 0 saturated carbocycles. The predicted molar refractivity (Wildman–Crippen MR) is 173 cm³/mol. The number of aromatic nitrogens is 2. The predicted octanol–water partition coefficient (Wildman–Crippen LogP) is 5.66. The summed E-state index contributed by atoms with van der Waals surface area (Å²) in [6, 6.07) is 30.4. The van der Waals surface area contributed by atoms with Crippen LogP contribution in [0.3, 0.4) is 0 Å². The molecule has 0 unspecified atom stereocenters. The fourth-order valence-electron chi connectivity index (χ4n) is 5.13. The zero-order valence-electron chi connectivity index (χ0n) is 24.5. The number of morpholine rings is 1. The first-order valence-electron chi connectivity index (χ1n) is 14.7. The third-order valence-corrected chi connectivity index (χ3v) is 7.62. The Morgan fingerprint density at radius 3 is 2.34 bits per heavy atom. The summed E-state index contributed by atoms with van der Waals surface area (Å²) < 4.78 is 5.37. The SMILES string of the molecule is Cc1ccc(C(=O)NCCN2CCOCC2)cc1NC(=O)c1ccc(Nc2nc(-c3ccccc3)c3ccccc3n2)cc1. The van der Waals surface area contributed by atoms with E-state index in [1.54, 1.807) is 24.3 Å². The molecule has 1 fully saturated rings.